The average molecular weight is 346 g/mol. The Morgan fingerprint density at radius 2 is 1.81 bits per heavy atom. The van der Waals surface area contributed by atoms with Gasteiger partial charge in [-0.25, -0.2) is 4.98 Å². The smallest absolute Gasteiger partial charge is 0.229 e. The summed E-state index contributed by atoms with van der Waals surface area (Å²) in [5, 5.41) is 6.50. The summed E-state index contributed by atoms with van der Waals surface area (Å²) >= 11 is 0. The van der Waals surface area contributed by atoms with Gasteiger partial charge in [-0.3, -0.25) is 0 Å². The first-order valence-electron chi connectivity index (χ1n) is 8.58. The Kier molecular flexibility index (Phi) is 5.83. The summed E-state index contributed by atoms with van der Waals surface area (Å²) in [5.74, 6) is 2.00. The van der Waals surface area contributed by atoms with Gasteiger partial charge in [0.05, 0.1) is 18.0 Å². The second kappa shape index (κ2) is 8.67. The van der Waals surface area contributed by atoms with Crippen LogP contribution in [0, 0.1) is 0 Å². The molecule has 0 aliphatic heterocycles. The first-order chi connectivity index (χ1) is 12.8. The third-order valence-electron chi connectivity index (χ3n) is 3.66. The summed E-state index contributed by atoms with van der Waals surface area (Å²) < 4.78 is 5.67. The van der Waals surface area contributed by atoms with E-state index in [1.807, 2.05) is 67.6 Å². The second-order valence-corrected chi connectivity index (χ2v) is 5.55. The van der Waals surface area contributed by atoms with E-state index in [0.717, 1.165) is 28.5 Å². The summed E-state index contributed by atoms with van der Waals surface area (Å²) in [7, 11) is 0. The standard InChI is InChI=1S/C21H22N4O/c1-3-14-22-20-15-18(16-10-6-5-7-11-16)24-21(25-20)23-17-12-8-9-13-19(17)26-4-2/h3,5-13,15H,1,4,14H2,2H3,(H2,22,23,24,25). The molecular formula is C21H22N4O. The van der Waals surface area contributed by atoms with Gasteiger partial charge in [-0.1, -0.05) is 48.5 Å². The minimum Gasteiger partial charge on any atom is -0.492 e. The normalized spacial score (nSPS) is 10.2. The van der Waals surface area contributed by atoms with Crippen LogP contribution in [0.1, 0.15) is 6.92 Å². The van der Waals surface area contributed by atoms with Gasteiger partial charge in [0.25, 0.3) is 0 Å². The zero-order valence-electron chi connectivity index (χ0n) is 14.8. The molecule has 3 aromatic rings. The molecule has 0 aliphatic rings. The highest BCUT2D eigenvalue weighted by atomic mass is 16.5. The molecule has 0 spiro atoms. The Hall–Kier alpha value is -3.34. The van der Waals surface area contributed by atoms with E-state index in [2.05, 4.69) is 27.2 Å². The number of para-hydroxylation sites is 2. The van der Waals surface area contributed by atoms with Crippen molar-refractivity contribution in [3.8, 4) is 17.0 Å². The molecule has 132 valence electrons. The van der Waals surface area contributed by atoms with Gasteiger partial charge in [-0.05, 0) is 19.1 Å². The molecule has 0 radical (unpaired) electrons. The van der Waals surface area contributed by atoms with Crippen LogP contribution in [-0.2, 0) is 0 Å². The summed E-state index contributed by atoms with van der Waals surface area (Å²) in [6, 6.07) is 19.7. The van der Waals surface area contributed by atoms with Crippen molar-refractivity contribution in [2.24, 2.45) is 0 Å². The molecule has 0 aliphatic carbocycles. The first-order valence-corrected chi connectivity index (χ1v) is 8.58. The van der Waals surface area contributed by atoms with Crippen LogP contribution in [0.5, 0.6) is 5.75 Å². The minimum absolute atomic E-state index is 0.505. The van der Waals surface area contributed by atoms with Crippen LogP contribution in [0.4, 0.5) is 17.5 Å². The number of hydrogen-bond acceptors (Lipinski definition) is 5. The quantitative estimate of drug-likeness (QED) is 0.569. The summed E-state index contributed by atoms with van der Waals surface area (Å²) in [6.45, 7) is 6.92. The number of hydrogen-bond donors (Lipinski definition) is 2. The highest BCUT2D eigenvalue weighted by Gasteiger charge is 2.09. The van der Waals surface area contributed by atoms with E-state index in [9.17, 15) is 0 Å². The van der Waals surface area contributed by atoms with Crippen LogP contribution in [0.2, 0.25) is 0 Å². The first kappa shape index (κ1) is 17.5. The predicted octanol–water partition coefficient (Wildman–Crippen LogP) is 4.88. The maximum atomic E-state index is 5.67. The topological polar surface area (TPSA) is 59.1 Å². The fourth-order valence-corrected chi connectivity index (χ4v) is 2.50. The van der Waals surface area contributed by atoms with Gasteiger partial charge in [-0.15, -0.1) is 6.58 Å². The van der Waals surface area contributed by atoms with Gasteiger partial charge in [0.1, 0.15) is 11.6 Å². The van der Waals surface area contributed by atoms with E-state index in [4.69, 9.17) is 4.74 Å². The van der Waals surface area contributed by atoms with Gasteiger partial charge in [0.15, 0.2) is 0 Å². The van der Waals surface area contributed by atoms with Crippen molar-refractivity contribution in [2.75, 3.05) is 23.8 Å². The lowest BCUT2D eigenvalue weighted by Gasteiger charge is -2.13. The van der Waals surface area contributed by atoms with E-state index in [0.29, 0.717) is 19.1 Å². The van der Waals surface area contributed by atoms with Crippen LogP contribution in [0.25, 0.3) is 11.3 Å². The van der Waals surface area contributed by atoms with Crippen LogP contribution in [0.3, 0.4) is 0 Å². The Morgan fingerprint density at radius 1 is 1.04 bits per heavy atom. The molecule has 2 aromatic carbocycles. The zero-order valence-corrected chi connectivity index (χ0v) is 14.8. The van der Waals surface area contributed by atoms with Crippen molar-refractivity contribution in [1.82, 2.24) is 9.97 Å². The van der Waals surface area contributed by atoms with E-state index < -0.39 is 0 Å². The molecule has 0 amide bonds. The molecule has 0 fully saturated rings. The third kappa shape index (κ3) is 4.39. The summed E-state index contributed by atoms with van der Waals surface area (Å²) in [5.41, 5.74) is 2.69. The van der Waals surface area contributed by atoms with E-state index in [1.54, 1.807) is 6.08 Å². The molecule has 26 heavy (non-hydrogen) atoms. The van der Waals surface area contributed by atoms with Gasteiger partial charge in [-0.2, -0.15) is 4.98 Å². The Morgan fingerprint density at radius 3 is 2.58 bits per heavy atom. The van der Waals surface area contributed by atoms with Crippen molar-refractivity contribution >= 4 is 17.5 Å². The molecule has 2 N–H and O–H groups in total. The lowest BCUT2D eigenvalue weighted by Crippen LogP contribution is -2.06. The molecule has 1 heterocycles. The van der Waals surface area contributed by atoms with Crippen molar-refractivity contribution in [3.05, 3.63) is 73.3 Å². The number of benzene rings is 2. The lowest BCUT2D eigenvalue weighted by atomic mass is 10.1. The largest absolute Gasteiger partial charge is 0.492 e. The van der Waals surface area contributed by atoms with Gasteiger partial charge in [0.2, 0.25) is 5.95 Å². The predicted molar refractivity (Wildman–Crippen MR) is 107 cm³/mol. The monoisotopic (exact) mass is 346 g/mol. The number of aromatic nitrogens is 2. The third-order valence-corrected chi connectivity index (χ3v) is 3.66. The molecule has 3 rings (SSSR count). The van der Waals surface area contributed by atoms with E-state index in [-0.39, 0.29) is 0 Å². The number of ether oxygens (including phenoxy) is 1. The molecule has 0 bridgehead atoms. The molecule has 0 saturated heterocycles. The summed E-state index contributed by atoms with van der Waals surface area (Å²) in [4.78, 5) is 9.22. The molecule has 0 atom stereocenters. The lowest BCUT2D eigenvalue weighted by molar-refractivity contribution is 0.342. The van der Waals surface area contributed by atoms with Gasteiger partial charge < -0.3 is 15.4 Å². The molecule has 0 saturated carbocycles. The highest BCUT2D eigenvalue weighted by molar-refractivity contribution is 5.68. The highest BCUT2D eigenvalue weighted by Crippen LogP contribution is 2.28. The zero-order chi connectivity index (χ0) is 18.2. The van der Waals surface area contributed by atoms with Crippen LogP contribution < -0.4 is 15.4 Å². The van der Waals surface area contributed by atoms with Crippen LogP contribution in [0.15, 0.2) is 73.3 Å². The van der Waals surface area contributed by atoms with Crippen molar-refractivity contribution in [1.29, 1.82) is 0 Å². The average Bonchev–Trinajstić information content (AvgIpc) is 2.69. The Labute approximate surface area is 153 Å². The van der Waals surface area contributed by atoms with Crippen molar-refractivity contribution < 1.29 is 4.74 Å². The molecular weight excluding hydrogens is 324 g/mol. The van der Waals surface area contributed by atoms with Gasteiger partial charge >= 0.3 is 0 Å². The van der Waals surface area contributed by atoms with Crippen molar-refractivity contribution in [3.63, 3.8) is 0 Å². The molecule has 5 heteroatoms. The van der Waals surface area contributed by atoms with Crippen LogP contribution in [-0.4, -0.2) is 23.1 Å². The SMILES string of the molecule is C=CCNc1cc(-c2ccccc2)nc(Nc2ccccc2OCC)n1. The maximum Gasteiger partial charge on any atom is 0.229 e. The Balaban J connectivity index is 1.96. The number of rotatable bonds is 8. The van der Waals surface area contributed by atoms with Crippen LogP contribution >= 0.6 is 0 Å². The fraction of sp³-hybridized carbons (Fsp3) is 0.143. The molecule has 0 unspecified atom stereocenters. The minimum atomic E-state index is 0.505. The molecule has 1 aromatic heterocycles. The van der Waals surface area contributed by atoms with Gasteiger partial charge in [0, 0.05) is 18.2 Å². The fourth-order valence-electron chi connectivity index (χ4n) is 2.50. The number of nitrogens with one attached hydrogen (secondary N) is 2. The number of nitrogens with zero attached hydrogens (tertiary/aromatic N) is 2. The summed E-state index contributed by atoms with van der Waals surface area (Å²) in [6.07, 6.45) is 1.79. The second-order valence-electron chi connectivity index (χ2n) is 5.55. The van der Waals surface area contributed by atoms with E-state index >= 15 is 0 Å². The number of anilines is 3. The van der Waals surface area contributed by atoms with Crippen molar-refractivity contribution in [2.45, 2.75) is 6.92 Å². The Bertz CT molecular complexity index is 865. The van der Waals surface area contributed by atoms with E-state index in [1.165, 1.54) is 0 Å². The maximum absolute atomic E-state index is 5.67. The molecule has 5 nitrogen and oxygen atoms in total.